The van der Waals surface area contributed by atoms with Crippen molar-refractivity contribution in [2.75, 3.05) is 0 Å². The average Bonchev–Trinajstić information content (AvgIpc) is 3.48. The summed E-state index contributed by atoms with van der Waals surface area (Å²) in [5.74, 6) is 4.04. The van der Waals surface area contributed by atoms with Crippen molar-refractivity contribution in [2.45, 2.75) is 137 Å². The molecule has 0 amide bonds. The Morgan fingerprint density at radius 3 is 2.29 bits per heavy atom. The second-order valence-electron chi connectivity index (χ2n) is 19.1. The summed E-state index contributed by atoms with van der Waals surface area (Å²) in [6.07, 6.45) is 19.1. The Bertz CT molecular complexity index is 1920. The molecule has 4 aliphatic rings. The predicted octanol–water partition coefficient (Wildman–Crippen LogP) is 12.4. The number of carboxylic acids is 1. The highest BCUT2D eigenvalue weighted by Gasteiger charge is 2.60. The van der Waals surface area contributed by atoms with Gasteiger partial charge in [0.2, 0.25) is 0 Å². The average molecular weight is 684 g/mol. The predicted molar refractivity (Wildman–Crippen MR) is 213 cm³/mol. The van der Waals surface area contributed by atoms with E-state index in [2.05, 4.69) is 102 Å². The molecule has 0 aliphatic heterocycles. The number of carbonyl (C=O) groups excluding carboxylic acids is 1. The highest BCUT2D eigenvalue weighted by molar-refractivity contribution is 6.24. The van der Waals surface area contributed by atoms with E-state index in [1.165, 1.54) is 78.3 Å². The first-order valence-electron chi connectivity index (χ1n) is 21.1. The van der Waals surface area contributed by atoms with Gasteiger partial charge in [0.1, 0.15) is 0 Å². The molecule has 4 aromatic rings. The minimum atomic E-state index is -1.01. The number of carbonyl (C=O) groups is 1. The van der Waals surface area contributed by atoms with Gasteiger partial charge in [0.15, 0.2) is 0 Å². The molecule has 3 saturated carbocycles. The van der Waals surface area contributed by atoms with Gasteiger partial charge in [-0.1, -0.05) is 140 Å². The van der Waals surface area contributed by atoms with Crippen molar-refractivity contribution in [3.63, 3.8) is 0 Å². The van der Waals surface area contributed by atoms with Crippen LogP contribution in [-0.4, -0.2) is 5.97 Å². The Hall–Kier alpha value is -2.87. The number of carboxylic acid groups (broad SMARTS) is 1. The lowest BCUT2D eigenvalue weighted by atomic mass is 9.45. The molecule has 0 spiro atoms. The van der Waals surface area contributed by atoms with Crippen LogP contribution in [0.1, 0.15) is 137 Å². The molecule has 1 unspecified atom stereocenters. The van der Waals surface area contributed by atoms with Gasteiger partial charge < -0.3 is 9.90 Å². The van der Waals surface area contributed by atoms with Crippen molar-refractivity contribution in [3.8, 4) is 0 Å². The largest absolute Gasteiger partial charge is 0.549 e. The van der Waals surface area contributed by atoms with Gasteiger partial charge in [-0.15, -0.1) is 0 Å². The Morgan fingerprint density at radius 2 is 1.57 bits per heavy atom. The lowest BCUT2D eigenvalue weighted by Gasteiger charge is -2.60. The van der Waals surface area contributed by atoms with Crippen molar-refractivity contribution >= 4 is 38.3 Å². The van der Waals surface area contributed by atoms with Gasteiger partial charge in [-0.05, 0) is 148 Å². The van der Waals surface area contributed by atoms with E-state index in [0.717, 1.165) is 78.6 Å². The third-order valence-electron chi connectivity index (χ3n) is 16.3. The zero-order valence-electron chi connectivity index (χ0n) is 32.5. The quantitative estimate of drug-likeness (QED) is 0.117. The van der Waals surface area contributed by atoms with Crippen molar-refractivity contribution in [1.82, 2.24) is 0 Å². The number of aliphatic carboxylic acids is 1. The SMILES string of the molecule is CCCCC(C(=O)[O-])(c1ccc2ccc3cccc4ccc1c2c34)[C@H]1CC[C@@]2(C)C(=CC[C@H]3[C@@H]4CC[C@H]([C@H](C)CCCC(C)C)[C@@]4(C)CC[C@@H]32)C1. The van der Waals surface area contributed by atoms with Crippen molar-refractivity contribution in [1.29, 1.82) is 0 Å². The standard InChI is InChI=1S/C49H64O2/c1-7-8-27-49(46(50)51,43-22-18-35-16-15-33-13-10-14-34-17-20-39(43)45(35)44(33)34)37-25-28-47(5)36(30-37)19-21-38-41-24-23-40(32(4)12-9-11-31(2)3)48(41,6)29-26-42(38)47/h10,13-20,22,31-32,37-38,40-42H,7-9,11-12,21,23-30H2,1-6H3,(H,50,51)/p-1/t32-,37+,38+,40-,41+,42+,47+,48-,49?/m1/s1. The molecular weight excluding hydrogens is 621 g/mol. The van der Waals surface area contributed by atoms with E-state index in [1.807, 2.05) is 0 Å². The first-order chi connectivity index (χ1) is 24.5. The second-order valence-corrected chi connectivity index (χ2v) is 19.1. The van der Waals surface area contributed by atoms with E-state index >= 15 is 0 Å². The fraction of sp³-hybridized carbons (Fsp3) is 0.612. The Labute approximate surface area is 308 Å². The summed E-state index contributed by atoms with van der Waals surface area (Å²) in [6, 6.07) is 19.7. The van der Waals surface area contributed by atoms with Gasteiger partial charge in [0, 0.05) is 5.41 Å². The Morgan fingerprint density at radius 1 is 0.843 bits per heavy atom. The summed E-state index contributed by atoms with van der Waals surface area (Å²) in [5, 5.41) is 21.2. The molecule has 3 fully saturated rings. The van der Waals surface area contributed by atoms with Crippen LogP contribution in [0.3, 0.4) is 0 Å². The van der Waals surface area contributed by atoms with Crippen LogP contribution in [0.5, 0.6) is 0 Å². The molecule has 0 N–H and O–H groups in total. The van der Waals surface area contributed by atoms with Gasteiger partial charge in [0.25, 0.3) is 0 Å². The molecule has 9 atom stereocenters. The molecule has 4 aliphatic carbocycles. The molecule has 272 valence electrons. The molecule has 0 saturated heterocycles. The van der Waals surface area contributed by atoms with Crippen LogP contribution >= 0.6 is 0 Å². The molecule has 0 heterocycles. The molecule has 51 heavy (non-hydrogen) atoms. The van der Waals surface area contributed by atoms with Crippen molar-refractivity contribution in [3.05, 3.63) is 71.8 Å². The molecular formula is C49H63O2-. The van der Waals surface area contributed by atoms with Crippen LogP contribution in [0, 0.1) is 52.3 Å². The van der Waals surface area contributed by atoms with Crippen molar-refractivity contribution in [2.24, 2.45) is 52.3 Å². The van der Waals surface area contributed by atoms with E-state index in [9.17, 15) is 9.90 Å². The van der Waals surface area contributed by atoms with E-state index < -0.39 is 11.4 Å². The normalized spacial score (nSPS) is 32.5. The fourth-order valence-electron chi connectivity index (χ4n) is 13.6. The Kier molecular flexibility index (Phi) is 9.11. The maximum absolute atomic E-state index is 14.0. The van der Waals surface area contributed by atoms with Gasteiger partial charge in [-0.3, -0.25) is 0 Å². The second kappa shape index (κ2) is 13.2. The zero-order chi connectivity index (χ0) is 35.7. The summed E-state index contributed by atoms with van der Waals surface area (Å²) in [6.45, 7) is 14.8. The van der Waals surface area contributed by atoms with E-state index in [0.29, 0.717) is 11.8 Å². The highest BCUT2D eigenvalue weighted by atomic mass is 16.4. The fourth-order valence-corrected chi connectivity index (χ4v) is 13.6. The lowest BCUT2D eigenvalue weighted by molar-refractivity contribution is -0.317. The summed E-state index contributed by atoms with van der Waals surface area (Å²) in [7, 11) is 0. The Balaban J connectivity index is 1.12. The summed E-state index contributed by atoms with van der Waals surface area (Å²) < 4.78 is 0. The first-order valence-corrected chi connectivity index (χ1v) is 21.1. The smallest absolute Gasteiger partial charge is 0.0523 e. The molecule has 4 aromatic carbocycles. The molecule has 0 bridgehead atoms. The number of hydrogen-bond acceptors (Lipinski definition) is 2. The van der Waals surface area contributed by atoms with E-state index in [-0.39, 0.29) is 11.3 Å². The number of fused-ring (bicyclic) bond motifs is 5. The minimum Gasteiger partial charge on any atom is -0.549 e. The van der Waals surface area contributed by atoms with Gasteiger partial charge >= 0.3 is 0 Å². The van der Waals surface area contributed by atoms with Crippen LogP contribution in [0.2, 0.25) is 0 Å². The maximum atomic E-state index is 14.0. The number of hydrogen-bond donors (Lipinski definition) is 0. The monoisotopic (exact) mass is 683 g/mol. The van der Waals surface area contributed by atoms with E-state index in [1.54, 1.807) is 5.57 Å². The highest BCUT2D eigenvalue weighted by Crippen LogP contribution is 2.68. The number of allylic oxidation sites excluding steroid dienone is 2. The van der Waals surface area contributed by atoms with Gasteiger partial charge in [0.05, 0.1) is 5.97 Å². The number of benzene rings is 4. The molecule has 2 heteroatoms. The lowest BCUT2D eigenvalue weighted by Crippen LogP contribution is -2.55. The zero-order valence-corrected chi connectivity index (χ0v) is 32.5. The van der Waals surface area contributed by atoms with E-state index in [4.69, 9.17) is 0 Å². The number of unbranched alkanes of at least 4 members (excludes halogenated alkanes) is 1. The molecule has 8 rings (SSSR count). The number of rotatable bonds is 11. The van der Waals surface area contributed by atoms with Gasteiger partial charge in [-0.25, -0.2) is 0 Å². The molecule has 0 radical (unpaired) electrons. The summed E-state index contributed by atoms with van der Waals surface area (Å²) in [4.78, 5) is 14.0. The van der Waals surface area contributed by atoms with Crippen LogP contribution in [-0.2, 0) is 10.2 Å². The maximum Gasteiger partial charge on any atom is 0.0523 e. The molecule has 2 nitrogen and oxygen atoms in total. The van der Waals surface area contributed by atoms with Crippen LogP contribution in [0.25, 0.3) is 32.3 Å². The minimum absolute atomic E-state index is 0.0415. The first kappa shape index (κ1) is 35.2. The van der Waals surface area contributed by atoms with Crippen LogP contribution in [0.4, 0.5) is 0 Å². The van der Waals surface area contributed by atoms with Gasteiger partial charge in [-0.2, -0.15) is 0 Å². The van der Waals surface area contributed by atoms with Crippen LogP contribution < -0.4 is 5.11 Å². The summed E-state index contributed by atoms with van der Waals surface area (Å²) in [5.41, 5.74) is 2.24. The topological polar surface area (TPSA) is 40.1 Å². The van der Waals surface area contributed by atoms with Crippen molar-refractivity contribution < 1.29 is 9.90 Å². The summed E-state index contributed by atoms with van der Waals surface area (Å²) >= 11 is 0. The third-order valence-corrected chi connectivity index (χ3v) is 16.3. The molecule has 0 aromatic heterocycles. The third kappa shape index (κ3) is 5.42. The van der Waals surface area contributed by atoms with Crippen LogP contribution in [0.15, 0.2) is 66.2 Å².